The van der Waals surface area contributed by atoms with Crippen molar-refractivity contribution in [1.29, 1.82) is 0 Å². The molecule has 7 heteroatoms. The van der Waals surface area contributed by atoms with E-state index in [2.05, 4.69) is 46.2 Å². The highest BCUT2D eigenvalue weighted by Crippen LogP contribution is 2.67. The summed E-state index contributed by atoms with van der Waals surface area (Å²) in [7, 11) is -3.73. The maximum Gasteiger partial charge on any atom is 0.184 e. The van der Waals surface area contributed by atoms with Crippen molar-refractivity contribution in [2.45, 2.75) is 97.3 Å². The SMILES string of the molecule is CC12CCC(=O)C=C1CCC1C2C(O[Si](C)(C)C)CC2(C=O)C(C(=O)CO[Si](C)(C)C)CCC12. The van der Waals surface area contributed by atoms with E-state index in [-0.39, 0.29) is 41.5 Å². The number of rotatable bonds is 7. The first kappa shape index (κ1) is 26.2. The van der Waals surface area contributed by atoms with Crippen molar-refractivity contribution in [1.82, 2.24) is 0 Å². The zero-order valence-electron chi connectivity index (χ0n) is 22.2. The van der Waals surface area contributed by atoms with E-state index in [9.17, 15) is 14.4 Å². The van der Waals surface area contributed by atoms with Crippen LogP contribution in [0.25, 0.3) is 0 Å². The lowest BCUT2D eigenvalue weighted by molar-refractivity contribution is -0.154. The zero-order chi connectivity index (χ0) is 25.1. The van der Waals surface area contributed by atoms with Crippen LogP contribution in [0.4, 0.5) is 0 Å². The van der Waals surface area contributed by atoms with Gasteiger partial charge in [-0.1, -0.05) is 12.5 Å². The van der Waals surface area contributed by atoms with Gasteiger partial charge in [0.2, 0.25) is 0 Å². The Kier molecular flexibility index (Phi) is 6.84. The highest BCUT2D eigenvalue weighted by Gasteiger charge is 2.65. The molecule has 4 aliphatic carbocycles. The topological polar surface area (TPSA) is 69.7 Å². The van der Waals surface area contributed by atoms with E-state index in [1.807, 2.05) is 6.08 Å². The summed E-state index contributed by atoms with van der Waals surface area (Å²) in [6.45, 7) is 15.4. The smallest absolute Gasteiger partial charge is 0.184 e. The Morgan fingerprint density at radius 3 is 2.41 bits per heavy atom. The van der Waals surface area contributed by atoms with Crippen LogP contribution in [-0.4, -0.2) is 47.2 Å². The van der Waals surface area contributed by atoms with Gasteiger partial charge in [-0.2, -0.15) is 0 Å². The number of carbonyl (C=O) groups excluding carboxylic acids is 3. The number of fused-ring (bicyclic) bond motifs is 5. The summed E-state index contributed by atoms with van der Waals surface area (Å²) in [5, 5.41) is 0. The van der Waals surface area contributed by atoms with E-state index in [1.54, 1.807) is 0 Å². The van der Waals surface area contributed by atoms with Gasteiger partial charge in [0.1, 0.15) is 6.29 Å². The summed E-state index contributed by atoms with van der Waals surface area (Å²) in [6, 6.07) is 0. The van der Waals surface area contributed by atoms with Crippen LogP contribution in [0.5, 0.6) is 0 Å². The summed E-state index contributed by atoms with van der Waals surface area (Å²) in [5.74, 6) is 0.962. The molecule has 4 aliphatic rings. The standard InChI is InChI=1S/C27H44O5Si2/c1-26-13-12-19(29)14-18(26)8-9-20-21-10-11-22(23(30)16-31-33(2,3)4)27(21,17-28)15-24(25(20)26)32-34(5,6)7/h14,17,20-22,24-25H,8-13,15-16H2,1-7H3. The molecule has 0 amide bonds. The van der Waals surface area contributed by atoms with Gasteiger partial charge in [0.05, 0.1) is 6.61 Å². The van der Waals surface area contributed by atoms with E-state index >= 15 is 0 Å². The molecule has 0 radical (unpaired) electrons. The lowest BCUT2D eigenvalue weighted by Gasteiger charge is -2.60. The minimum Gasteiger partial charge on any atom is -0.414 e. The van der Waals surface area contributed by atoms with Gasteiger partial charge in [-0.3, -0.25) is 9.59 Å². The number of ketones is 2. The summed E-state index contributed by atoms with van der Waals surface area (Å²) < 4.78 is 12.9. The number of hydrogen-bond donors (Lipinski definition) is 0. The van der Waals surface area contributed by atoms with Crippen LogP contribution in [0.3, 0.4) is 0 Å². The first-order chi connectivity index (χ1) is 15.7. The molecule has 3 saturated carbocycles. The highest BCUT2D eigenvalue weighted by molar-refractivity contribution is 6.70. The van der Waals surface area contributed by atoms with Gasteiger partial charge in [-0.05, 0) is 107 Å². The van der Waals surface area contributed by atoms with Crippen molar-refractivity contribution in [3.05, 3.63) is 11.6 Å². The number of hydrogen-bond acceptors (Lipinski definition) is 5. The molecular weight excluding hydrogens is 460 g/mol. The number of Topliss-reactive ketones (excluding diaryl/α,β-unsaturated/α-hetero) is 1. The fourth-order valence-corrected chi connectivity index (χ4v) is 9.70. The van der Waals surface area contributed by atoms with Gasteiger partial charge in [0.15, 0.2) is 28.2 Å². The van der Waals surface area contributed by atoms with E-state index in [0.29, 0.717) is 24.7 Å². The summed E-state index contributed by atoms with van der Waals surface area (Å²) >= 11 is 0. The Labute approximate surface area is 207 Å². The van der Waals surface area contributed by atoms with Crippen LogP contribution >= 0.6 is 0 Å². The molecule has 0 heterocycles. The van der Waals surface area contributed by atoms with Crippen LogP contribution in [0, 0.1) is 34.5 Å². The van der Waals surface area contributed by atoms with Crippen LogP contribution in [-0.2, 0) is 23.2 Å². The third-order valence-corrected chi connectivity index (χ3v) is 11.3. The van der Waals surface area contributed by atoms with Crippen LogP contribution < -0.4 is 0 Å². The average molecular weight is 505 g/mol. The minimum absolute atomic E-state index is 0.0497. The van der Waals surface area contributed by atoms with Crippen LogP contribution in [0.2, 0.25) is 39.3 Å². The van der Waals surface area contributed by atoms with Crippen LogP contribution in [0.15, 0.2) is 11.6 Å². The van der Waals surface area contributed by atoms with Crippen molar-refractivity contribution in [3.8, 4) is 0 Å². The molecule has 0 aromatic rings. The predicted octanol–water partition coefficient (Wildman–Crippen LogP) is 5.56. The zero-order valence-corrected chi connectivity index (χ0v) is 24.2. The lowest BCUT2D eigenvalue weighted by Crippen LogP contribution is -2.60. The van der Waals surface area contributed by atoms with E-state index in [1.165, 1.54) is 5.57 Å². The maximum absolute atomic E-state index is 13.4. The van der Waals surface area contributed by atoms with Crippen molar-refractivity contribution in [2.75, 3.05) is 6.61 Å². The van der Waals surface area contributed by atoms with Crippen molar-refractivity contribution < 1.29 is 23.2 Å². The van der Waals surface area contributed by atoms with Gasteiger partial charge in [0, 0.05) is 23.9 Å². The molecule has 190 valence electrons. The van der Waals surface area contributed by atoms with E-state index in [0.717, 1.165) is 38.4 Å². The first-order valence-corrected chi connectivity index (χ1v) is 20.1. The molecule has 0 aliphatic heterocycles. The molecule has 7 unspecified atom stereocenters. The largest absolute Gasteiger partial charge is 0.414 e. The molecule has 4 rings (SSSR count). The molecule has 0 aromatic carbocycles. The molecule has 0 bridgehead atoms. The van der Waals surface area contributed by atoms with Gasteiger partial charge in [0.25, 0.3) is 0 Å². The number of aldehydes is 1. The van der Waals surface area contributed by atoms with E-state index in [4.69, 9.17) is 8.85 Å². The Morgan fingerprint density at radius 2 is 1.79 bits per heavy atom. The molecular formula is C27H44O5Si2. The van der Waals surface area contributed by atoms with Gasteiger partial charge >= 0.3 is 0 Å². The quantitative estimate of drug-likeness (QED) is 0.335. The molecule has 7 atom stereocenters. The molecule has 0 spiro atoms. The van der Waals surface area contributed by atoms with Crippen molar-refractivity contribution in [2.24, 2.45) is 34.5 Å². The number of carbonyl (C=O) groups is 3. The molecule has 0 aromatic heterocycles. The van der Waals surface area contributed by atoms with Gasteiger partial charge in [-0.25, -0.2) is 0 Å². The Morgan fingerprint density at radius 1 is 1.09 bits per heavy atom. The molecule has 0 N–H and O–H groups in total. The molecule has 5 nitrogen and oxygen atoms in total. The van der Waals surface area contributed by atoms with Crippen molar-refractivity contribution in [3.63, 3.8) is 0 Å². The normalized spacial score (nSPS) is 40.1. The Bertz CT molecular complexity index is 884. The van der Waals surface area contributed by atoms with Gasteiger partial charge < -0.3 is 13.6 Å². The Hall–Kier alpha value is -0.896. The second kappa shape index (κ2) is 8.89. The maximum atomic E-state index is 13.4. The third kappa shape index (κ3) is 4.62. The Balaban J connectivity index is 1.72. The van der Waals surface area contributed by atoms with Crippen molar-refractivity contribution >= 4 is 34.5 Å². The van der Waals surface area contributed by atoms with E-state index < -0.39 is 22.0 Å². The predicted molar refractivity (Wildman–Crippen MR) is 138 cm³/mol. The first-order valence-electron chi connectivity index (χ1n) is 13.2. The van der Waals surface area contributed by atoms with Gasteiger partial charge in [-0.15, -0.1) is 0 Å². The monoisotopic (exact) mass is 504 g/mol. The summed E-state index contributed by atoms with van der Waals surface area (Å²) in [5.41, 5.74) is 0.592. The second-order valence-corrected chi connectivity index (χ2v) is 22.6. The molecule has 0 saturated heterocycles. The molecule has 34 heavy (non-hydrogen) atoms. The lowest BCUT2D eigenvalue weighted by atomic mass is 9.45. The minimum atomic E-state index is -1.91. The third-order valence-electron chi connectivity index (χ3n) is 9.24. The highest BCUT2D eigenvalue weighted by atomic mass is 28.4. The number of allylic oxidation sites excluding steroid dienone is 1. The average Bonchev–Trinajstić information content (AvgIpc) is 3.10. The fourth-order valence-electron chi connectivity index (χ4n) is 7.98. The fraction of sp³-hybridized carbons (Fsp3) is 0.815. The summed E-state index contributed by atoms with van der Waals surface area (Å²) in [6.07, 6.45) is 8.73. The second-order valence-electron chi connectivity index (χ2n) is 13.6. The summed E-state index contributed by atoms with van der Waals surface area (Å²) in [4.78, 5) is 38.7. The molecule has 3 fully saturated rings. The van der Waals surface area contributed by atoms with Crippen LogP contribution in [0.1, 0.15) is 51.9 Å².